The minimum atomic E-state index is -0.586. The molecule has 0 unspecified atom stereocenters. The van der Waals surface area contributed by atoms with Gasteiger partial charge in [-0.3, -0.25) is 0 Å². The number of nitrogens with zero attached hydrogens (tertiary/aromatic N) is 5. The lowest BCUT2D eigenvalue weighted by atomic mass is 10.1. The number of pyridine rings is 1. The number of nitrogens with two attached hydrogens (primary N) is 1. The van der Waals surface area contributed by atoms with Crippen LogP contribution in [0.25, 0.3) is 10.9 Å². The lowest BCUT2D eigenvalue weighted by Crippen LogP contribution is -2.33. The molecule has 2 fully saturated rings. The molecule has 8 heteroatoms. The summed E-state index contributed by atoms with van der Waals surface area (Å²) in [5.74, 6) is 0.683. The lowest BCUT2D eigenvalue weighted by Gasteiger charge is -2.30. The van der Waals surface area contributed by atoms with Crippen LogP contribution in [-0.2, 0) is 0 Å². The summed E-state index contributed by atoms with van der Waals surface area (Å²) < 4.78 is 14.6. The van der Waals surface area contributed by atoms with E-state index in [2.05, 4.69) is 26.7 Å². The molecule has 2 aromatic rings. The van der Waals surface area contributed by atoms with Gasteiger partial charge in [0.05, 0.1) is 5.39 Å². The van der Waals surface area contributed by atoms with Crippen molar-refractivity contribution in [2.45, 2.75) is 44.7 Å². The van der Waals surface area contributed by atoms with Crippen molar-refractivity contribution in [1.29, 1.82) is 0 Å². The Morgan fingerprint density at radius 3 is 2.68 bits per heavy atom. The zero-order chi connectivity index (χ0) is 17.6. The predicted octanol–water partition coefficient (Wildman–Crippen LogP) is 2.73. The zero-order valence-corrected chi connectivity index (χ0v) is 15.0. The molecule has 2 aliphatic heterocycles. The molecule has 0 aromatic carbocycles. The van der Waals surface area contributed by atoms with Crippen LogP contribution in [-0.4, -0.2) is 46.7 Å². The molecule has 0 radical (unpaired) electrons. The maximum absolute atomic E-state index is 14.6. The topological polar surface area (TPSA) is 71.2 Å². The van der Waals surface area contributed by atoms with Crippen LogP contribution in [0.3, 0.4) is 0 Å². The normalized spacial score (nSPS) is 24.3. The Labute approximate surface area is 151 Å². The maximum Gasteiger partial charge on any atom is 0.228 e. The zero-order valence-electron chi connectivity index (χ0n) is 14.3. The van der Waals surface area contributed by atoms with Crippen molar-refractivity contribution in [1.82, 2.24) is 15.0 Å². The first-order chi connectivity index (χ1) is 12.0. The fourth-order valence-corrected chi connectivity index (χ4v) is 3.97. The molecule has 4 heterocycles. The van der Waals surface area contributed by atoms with Crippen LogP contribution in [0.1, 0.15) is 32.6 Å². The van der Waals surface area contributed by atoms with E-state index >= 15 is 0 Å². The van der Waals surface area contributed by atoms with Crippen LogP contribution in [0.2, 0.25) is 5.15 Å². The summed E-state index contributed by atoms with van der Waals surface area (Å²) in [7, 11) is 0. The Kier molecular flexibility index (Phi) is 4.37. The monoisotopic (exact) mass is 364 g/mol. The standard InChI is InChI=1S/C17H22ClFN6/c1-10-7-11(20)9-25(10)17-22-14-12(8-21-15(18)13(14)19)16(23-17)24-5-3-2-4-6-24/h8,10-11H,2-7,9,20H2,1H3/t10-,11-/m0/s1. The highest BCUT2D eigenvalue weighted by molar-refractivity contribution is 6.30. The lowest BCUT2D eigenvalue weighted by molar-refractivity contribution is 0.573. The van der Waals surface area contributed by atoms with Crippen molar-refractivity contribution in [3.05, 3.63) is 17.2 Å². The van der Waals surface area contributed by atoms with Gasteiger partial charge in [-0.25, -0.2) is 14.4 Å². The summed E-state index contributed by atoms with van der Waals surface area (Å²) in [5.41, 5.74) is 6.32. The molecule has 0 amide bonds. The number of anilines is 2. The van der Waals surface area contributed by atoms with Crippen molar-refractivity contribution in [3.8, 4) is 0 Å². The van der Waals surface area contributed by atoms with Crippen molar-refractivity contribution in [2.24, 2.45) is 5.73 Å². The van der Waals surface area contributed by atoms with Crippen LogP contribution >= 0.6 is 11.6 Å². The van der Waals surface area contributed by atoms with E-state index in [0.717, 1.165) is 38.2 Å². The smallest absolute Gasteiger partial charge is 0.228 e. The molecule has 2 N–H and O–H groups in total. The van der Waals surface area contributed by atoms with Gasteiger partial charge in [-0.05, 0) is 32.6 Å². The molecule has 0 spiro atoms. The quantitative estimate of drug-likeness (QED) is 0.826. The number of piperidine rings is 1. The van der Waals surface area contributed by atoms with Gasteiger partial charge in [-0.2, -0.15) is 4.98 Å². The highest BCUT2D eigenvalue weighted by Crippen LogP contribution is 2.33. The number of halogens is 2. The molecule has 134 valence electrons. The average Bonchev–Trinajstić information content (AvgIpc) is 2.96. The second-order valence-electron chi connectivity index (χ2n) is 7.02. The molecule has 2 aliphatic rings. The number of aromatic nitrogens is 3. The van der Waals surface area contributed by atoms with E-state index in [9.17, 15) is 4.39 Å². The Bertz CT molecular complexity index is 794. The van der Waals surface area contributed by atoms with Gasteiger partial charge in [0, 0.05) is 37.9 Å². The summed E-state index contributed by atoms with van der Waals surface area (Å²) in [5, 5.41) is 0.455. The largest absolute Gasteiger partial charge is 0.356 e. The van der Waals surface area contributed by atoms with E-state index in [-0.39, 0.29) is 22.8 Å². The van der Waals surface area contributed by atoms with Gasteiger partial charge in [0.25, 0.3) is 0 Å². The third kappa shape index (κ3) is 3.00. The Morgan fingerprint density at radius 2 is 2.00 bits per heavy atom. The molecule has 25 heavy (non-hydrogen) atoms. The first-order valence-corrected chi connectivity index (χ1v) is 9.21. The van der Waals surface area contributed by atoms with E-state index in [0.29, 0.717) is 17.9 Å². The molecule has 0 aliphatic carbocycles. The summed E-state index contributed by atoms with van der Waals surface area (Å²) >= 11 is 5.90. The van der Waals surface area contributed by atoms with Gasteiger partial charge in [0.15, 0.2) is 11.0 Å². The molecular formula is C17H22ClFN6. The third-order valence-corrected chi connectivity index (χ3v) is 5.39. The summed E-state index contributed by atoms with van der Waals surface area (Å²) in [6.45, 7) is 4.58. The van der Waals surface area contributed by atoms with Gasteiger partial charge >= 0.3 is 0 Å². The number of rotatable bonds is 2. The highest BCUT2D eigenvalue weighted by atomic mass is 35.5. The van der Waals surface area contributed by atoms with Crippen LogP contribution in [0, 0.1) is 5.82 Å². The van der Waals surface area contributed by atoms with Crippen LogP contribution in [0.15, 0.2) is 6.20 Å². The molecule has 2 saturated heterocycles. The summed E-state index contributed by atoms with van der Waals surface area (Å²) in [4.78, 5) is 17.5. The van der Waals surface area contributed by atoms with E-state index in [4.69, 9.17) is 22.3 Å². The third-order valence-electron chi connectivity index (χ3n) is 5.13. The minimum Gasteiger partial charge on any atom is -0.356 e. The van der Waals surface area contributed by atoms with Gasteiger partial charge in [-0.15, -0.1) is 0 Å². The minimum absolute atomic E-state index is 0.0820. The molecule has 2 atom stereocenters. The fourth-order valence-electron chi connectivity index (χ4n) is 3.83. The number of fused-ring (bicyclic) bond motifs is 1. The van der Waals surface area contributed by atoms with Crippen molar-refractivity contribution < 1.29 is 4.39 Å². The molecule has 6 nitrogen and oxygen atoms in total. The first kappa shape index (κ1) is 16.7. The second kappa shape index (κ2) is 6.53. The van der Waals surface area contributed by atoms with Gasteiger partial charge < -0.3 is 15.5 Å². The fraction of sp³-hybridized carbons (Fsp3) is 0.588. The van der Waals surface area contributed by atoms with Gasteiger partial charge in [-0.1, -0.05) is 11.6 Å². The first-order valence-electron chi connectivity index (χ1n) is 8.83. The molecule has 0 bridgehead atoms. The van der Waals surface area contributed by atoms with Gasteiger partial charge in [0.2, 0.25) is 5.95 Å². The van der Waals surface area contributed by atoms with Crippen molar-refractivity contribution in [2.75, 3.05) is 29.4 Å². The second-order valence-corrected chi connectivity index (χ2v) is 7.38. The summed E-state index contributed by atoms with van der Waals surface area (Å²) in [6, 6.07) is 0.306. The van der Waals surface area contributed by atoms with E-state index in [1.807, 2.05) is 0 Å². The highest BCUT2D eigenvalue weighted by Gasteiger charge is 2.30. The van der Waals surface area contributed by atoms with E-state index in [1.165, 1.54) is 6.42 Å². The van der Waals surface area contributed by atoms with Crippen LogP contribution in [0.4, 0.5) is 16.2 Å². The number of hydrogen-bond acceptors (Lipinski definition) is 6. The SMILES string of the molecule is C[C@H]1C[C@H](N)CN1c1nc(N2CCCCC2)c2cnc(Cl)c(F)c2n1. The predicted molar refractivity (Wildman–Crippen MR) is 97.8 cm³/mol. The average molecular weight is 365 g/mol. The molecular weight excluding hydrogens is 343 g/mol. The van der Waals surface area contributed by atoms with Gasteiger partial charge in [0.1, 0.15) is 11.3 Å². The van der Waals surface area contributed by atoms with Crippen LogP contribution < -0.4 is 15.5 Å². The molecule has 4 rings (SSSR count). The van der Waals surface area contributed by atoms with E-state index in [1.54, 1.807) is 6.20 Å². The Morgan fingerprint density at radius 1 is 1.24 bits per heavy atom. The molecule has 0 saturated carbocycles. The molecule has 2 aromatic heterocycles. The van der Waals surface area contributed by atoms with Crippen molar-refractivity contribution in [3.63, 3.8) is 0 Å². The Hall–Kier alpha value is -1.73. The Balaban J connectivity index is 1.87. The maximum atomic E-state index is 14.6. The summed E-state index contributed by atoms with van der Waals surface area (Å²) in [6.07, 6.45) is 5.88. The van der Waals surface area contributed by atoms with E-state index < -0.39 is 5.82 Å². The van der Waals surface area contributed by atoms with Crippen molar-refractivity contribution >= 4 is 34.3 Å². The number of hydrogen-bond donors (Lipinski definition) is 1. The van der Waals surface area contributed by atoms with Crippen LogP contribution in [0.5, 0.6) is 0 Å².